The Bertz CT molecular complexity index is 683. The zero-order valence-electron chi connectivity index (χ0n) is 10.9. The van der Waals surface area contributed by atoms with Gasteiger partial charge in [0.2, 0.25) is 0 Å². The summed E-state index contributed by atoms with van der Waals surface area (Å²) in [6.45, 7) is 0.972. The van der Waals surface area contributed by atoms with E-state index in [1.54, 1.807) is 0 Å². The van der Waals surface area contributed by atoms with E-state index in [4.69, 9.17) is 11.5 Å². The first kappa shape index (κ1) is 12.4. The molecular formula is C14H15N5O. The smallest absolute Gasteiger partial charge is 0.254 e. The molecule has 102 valence electrons. The molecule has 0 radical (unpaired) electrons. The molecule has 6 nitrogen and oxygen atoms in total. The molecule has 1 aliphatic rings. The van der Waals surface area contributed by atoms with Gasteiger partial charge in [0.1, 0.15) is 5.82 Å². The van der Waals surface area contributed by atoms with Gasteiger partial charge in [-0.3, -0.25) is 4.79 Å². The lowest BCUT2D eigenvalue weighted by atomic mass is 9.97. The van der Waals surface area contributed by atoms with Crippen molar-refractivity contribution in [2.45, 2.75) is 12.8 Å². The molecule has 0 aliphatic carbocycles. The highest BCUT2D eigenvalue weighted by molar-refractivity contribution is 5.97. The molecular weight excluding hydrogens is 254 g/mol. The summed E-state index contributed by atoms with van der Waals surface area (Å²) in [4.78, 5) is 19.6. The van der Waals surface area contributed by atoms with Crippen molar-refractivity contribution >= 4 is 17.4 Å². The standard InChI is InChI=1S/C14H15N5O/c15-12-10(13(16)20)7-18-14(19-12)9-3-1-5-11-8(9)4-2-6-17-11/h1,3,5,7,17H,2,4,6H2,(H2,16,20)(H2,15,18,19). The van der Waals surface area contributed by atoms with Crippen molar-refractivity contribution in [3.63, 3.8) is 0 Å². The Balaban J connectivity index is 2.10. The van der Waals surface area contributed by atoms with Crippen molar-refractivity contribution in [2.75, 3.05) is 17.6 Å². The van der Waals surface area contributed by atoms with Crippen molar-refractivity contribution in [2.24, 2.45) is 5.73 Å². The van der Waals surface area contributed by atoms with Crippen LogP contribution in [-0.4, -0.2) is 22.4 Å². The molecule has 20 heavy (non-hydrogen) atoms. The Morgan fingerprint density at radius 1 is 1.35 bits per heavy atom. The van der Waals surface area contributed by atoms with E-state index in [2.05, 4.69) is 15.3 Å². The number of carbonyl (C=O) groups excluding carboxylic acids is 1. The summed E-state index contributed by atoms with van der Waals surface area (Å²) < 4.78 is 0. The summed E-state index contributed by atoms with van der Waals surface area (Å²) >= 11 is 0. The maximum atomic E-state index is 11.2. The third-order valence-electron chi connectivity index (χ3n) is 3.42. The number of rotatable bonds is 2. The molecule has 1 aliphatic heterocycles. The van der Waals surface area contributed by atoms with E-state index in [1.807, 2.05) is 18.2 Å². The number of hydrogen-bond donors (Lipinski definition) is 3. The molecule has 2 aromatic rings. The van der Waals surface area contributed by atoms with Crippen LogP contribution in [0, 0.1) is 0 Å². The van der Waals surface area contributed by atoms with Gasteiger partial charge >= 0.3 is 0 Å². The molecule has 0 saturated carbocycles. The summed E-state index contributed by atoms with van der Waals surface area (Å²) in [7, 11) is 0. The van der Waals surface area contributed by atoms with Crippen molar-refractivity contribution < 1.29 is 4.79 Å². The number of nitrogen functional groups attached to an aromatic ring is 1. The summed E-state index contributed by atoms with van der Waals surface area (Å²) in [5, 5.41) is 3.36. The van der Waals surface area contributed by atoms with Crippen LogP contribution in [0.1, 0.15) is 22.3 Å². The first-order valence-corrected chi connectivity index (χ1v) is 6.45. The fourth-order valence-electron chi connectivity index (χ4n) is 2.43. The maximum absolute atomic E-state index is 11.2. The summed E-state index contributed by atoms with van der Waals surface area (Å²) in [5.74, 6) is 0.0164. The second kappa shape index (κ2) is 4.80. The molecule has 0 atom stereocenters. The first-order chi connectivity index (χ1) is 9.66. The minimum Gasteiger partial charge on any atom is -0.385 e. The van der Waals surface area contributed by atoms with E-state index in [1.165, 1.54) is 11.8 Å². The van der Waals surface area contributed by atoms with Crippen LogP contribution >= 0.6 is 0 Å². The van der Waals surface area contributed by atoms with Gasteiger partial charge in [-0.05, 0) is 24.5 Å². The zero-order chi connectivity index (χ0) is 14.1. The van der Waals surface area contributed by atoms with E-state index in [9.17, 15) is 4.79 Å². The fourth-order valence-corrected chi connectivity index (χ4v) is 2.43. The molecule has 3 rings (SSSR count). The number of hydrogen-bond acceptors (Lipinski definition) is 5. The Labute approximate surface area is 116 Å². The second-order valence-corrected chi connectivity index (χ2v) is 4.72. The summed E-state index contributed by atoms with van der Waals surface area (Å²) in [5.41, 5.74) is 14.4. The predicted molar refractivity (Wildman–Crippen MR) is 77.2 cm³/mol. The fraction of sp³-hybridized carbons (Fsp3) is 0.214. The van der Waals surface area contributed by atoms with E-state index in [0.717, 1.165) is 30.6 Å². The van der Waals surface area contributed by atoms with Crippen LogP contribution in [0.3, 0.4) is 0 Å². The lowest BCUT2D eigenvalue weighted by Gasteiger charge is -2.20. The highest BCUT2D eigenvalue weighted by Gasteiger charge is 2.17. The average molecular weight is 269 g/mol. The van der Waals surface area contributed by atoms with Crippen molar-refractivity contribution in [1.29, 1.82) is 0 Å². The summed E-state index contributed by atoms with van der Waals surface area (Å²) in [6, 6.07) is 5.96. The van der Waals surface area contributed by atoms with Crippen LogP contribution in [0.5, 0.6) is 0 Å². The van der Waals surface area contributed by atoms with Gasteiger partial charge in [0.05, 0.1) is 5.56 Å². The second-order valence-electron chi connectivity index (χ2n) is 4.72. The molecule has 0 fully saturated rings. The number of aromatic nitrogens is 2. The van der Waals surface area contributed by atoms with Crippen LogP contribution < -0.4 is 16.8 Å². The van der Waals surface area contributed by atoms with Gasteiger partial charge < -0.3 is 16.8 Å². The number of nitrogens with zero attached hydrogens (tertiary/aromatic N) is 2. The number of fused-ring (bicyclic) bond motifs is 1. The van der Waals surface area contributed by atoms with E-state index in [0.29, 0.717) is 5.82 Å². The monoisotopic (exact) mass is 269 g/mol. The lowest BCUT2D eigenvalue weighted by molar-refractivity contribution is 0.100. The van der Waals surface area contributed by atoms with Gasteiger partial charge in [0, 0.05) is 24.0 Å². The molecule has 0 bridgehead atoms. The predicted octanol–water partition coefficient (Wildman–Crippen LogP) is 1.18. The van der Waals surface area contributed by atoms with Gasteiger partial charge in [-0.25, -0.2) is 9.97 Å². The third-order valence-corrected chi connectivity index (χ3v) is 3.42. The van der Waals surface area contributed by atoms with Crippen molar-refractivity contribution in [3.05, 3.63) is 35.5 Å². The highest BCUT2D eigenvalue weighted by atomic mass is 16.1. The van der Waals surface area contributed by atoms with E-state index in [-0.39, 0.29) is 11.4 Å². The maximum Gasteiger partial charge on any atom is 0.254 e. The number of nitrogens with two attached hydrogens (primary N) is 2. The molecule has 2 heterocycles. The molecule has 0 spiro atoms. The Hall–Kier alpha value is -2.63. The Morgan fingerprint density at radius 3 is 2.95 bits per heavy atom. The van der Waals surface area contributed by atoms with Gasteiger partial charge in [0.15, 0.2) is 5.82 Å². The number of primary amides is 1. The van der Waals surface area contributed by atoms with Crippen LogP contribution in [-0.2, 0) is 6.42 Å². The van der Waals surface area contributed by atoms with Gasteiger partial charge in [0.25, 0.3) is 5.91 Å². The molecule has 6 heteroatoms. The van der Waals surface area contributed by atoms with E-state index < -0.39 is 5.91 Å². The van der Waals surface area contributed by atoms with Gasteiger partial charge in [-0.15, -0.1) is 0 Å². The van der Waals surface area contributed by atoms with Crippen LogP contribution in [0.4, 0.5) is 11.5 Å². The number of carbonyl (C=O) groups is 1. The lowest BCUT2D eigenvalue weighted by Crippen LogP contribution is -2.16. The number of amides is 1. The molecule has 5 N–H and O–H groups in total. The molecule has 1 amide bonds. The quantitative estimate of drug-likeness (QED) is 0.759. The molecule has 0 unspecified atom stereocenters. The van der Waals surface area contributed by atoms with Crippen molar-refractivity contribution in [1.82, 2.24) is 9.97 Å². The van der Waals surface area contributed by atoms with E-state index >= 15 is 0 Å². The molecule has 1 aromatic heterocycles. The summed E-state index contributed by atoms with van der Waals surface area (Å²) in [6.07, 6.45) is 3.42. The topological polar surface area (TPSA) is 107 Å². The minimum atomic E-state index is -0.620. The molecule has 1 aromatic carbocycles. The Morgan fingerprint density at radius 2 is 2.20 bits per heavy atom. The number of anilines is 2. The van der Waals surface area contributed by atoms with Crippen molar-refractivity contribution in [3.8, 4) is 11.4 Å². The largest absolute Gasteiger partial charge is 0.385 e. The van der Waals surface area contributed by atoms with Crippen LogP contribution in [0.2, 0.25) is 0 Å². The SMILES string of the molecule is NC(=O)c1cnc(-c2cccc3c2CCCN3)nc1N. The van der Waals surface area contributed by atoms with Crippen LogP contribution in [0.15, 0.2) is 24.4 Å². The normalized spacial score (nSPS) is 13.4. The number of benzene rings is 1. The van der Waals surface area contributed by atoms with Crippen LogP contribution in [0.25, 0.3) is 11.4 Å². The highest BCUT2D eigenvalue weighted by Crippen LogP contribution is 2.31. The number of nitrogens with one attached hydrogen (secondary N) is 1. The zero-order valence-corrected chi connectivity index (χ0v) is 10.9. The van der Waals surface area contributed by atoms with Gasteiger partial charge in [-0.1, -0.05) is 12.1 Å². The first-order valence-electron chi connectivity index (χ1n) is 6.45. The minimum absolute atomic E-state index is 0.115. The Kier molecular flexibility index (Phi) is 2.98. The average Bonchev–Trinajstić information content (AvgIpc) is 2.46. The third kappa shape index (κ3) is 2.05. The molecule has 0 saturated heterocycles. The van der Waals surface area contributed by atoms with Gasteiger partial charge in [-0.2, -0.15) is 0 Å².